The van der Waals surface area contributed by atoms with Gasteiger partial charge < -0.3 is 0 Å². The van der Waals surface area contributed by atoms with E-state index in [-0.39, 0.29) is 5.91 Å². The third kappa shape index (κ3) is 3.25. The van der Waals surface area contributed by atoms with Crippen LogP contribution in [0.5, 0.6) is 0 Å². The van der Waals surface area contributed by atoms with Gasteiger partial charge in [0.25, 0.3) is 0 Å². The van der Waals surface area contributed by atoms with Gasteiger partial charge in [-0.2, -0.15) is 5.10 Å². The van der Waals surface area contributed by atoms with Crippen LogP contribution in [0.1, 0.15) is 18.4 Å². The molecule has 72 valence electrons. The molecule has 0 spiro atoms. The summed E-state index contributed by atoms with van der Waals surface area (Å²) in [5.74, 6) is 4.80. The molecule has 3 N–H and O–H groups in total. The first-order valence-corrected chi connectivity index (χ1v) is 4.21. The summed E-state index contributed by atoms with van der Waals surface area (Å²) >= 11 is 0. The third-order valence-corrected chi connectivity index (χ3v) is 1.71. The van der Waals surface area contributed by atoms with Gasteiger partial charge in [0.15, 0.2) is 0 Å². The Balaban J connectivity index is 2.24. The summed E-state index contributed by atoms with van der Waals surface area (Å²) in [6.45, 7) is 2.73. The average Bonchev–Trinajstić information content (AvgIpc) is 2.51. The van der Waals surface area contributed by atoms with Gasteiger partial charge in [-0.25, -0.2) is 5.84 Å². The number of hydrogen-bond acceptors (Lipinski definition) is 3. The molecule has 0 aliphatic heterocycles. The third-order valence-electron chi connectivity index (χ3n) is 1.71. The van der Waals surface area contributed by atoms with Crippen molar-refractivity contribution in [2.24, 2.45) is 5.84 Å². The minimum absolute atomic E-state index is 0.135. The van der Waals surface area contributed by atoms with Gasteiger partial charge in [-0.1, -0.05) is 0 Å². The van der Waals surface area contributed by atoms with Gasteiger partial charge in [0.2, 0.25) is 5.91 Å². The minimum atomic E-state index is -0.135. The van der Waals surface area contributed by atoms with Gasteiger partial charge in [0.05, 0.1) is 6.20 Å². The van der Waals surface area contributed by atoms with Crippen LogP contribution in [-0.4, -0.2) is 15.7 Å². The van der Waals surface area contributed by atoms with Crippen LogP contribution >= 0.6 is 0 Å². The van der Waals surface area contributed by atoms with E-state index in [4.69, 9.17) is 5.84 Å². The number of aryl methyl sites for hydroxylation is 2. The van der Waals surface area contributed by atoms with E-state index >= 15 is 0 Å². The number of aromatic nitrogens is 2. The number of amides is 1. The zero-order chi connectivity index (χ0) is 9.68. The first kappa shape index (κ1) is 9.73. The molecule has 0 saturated carbocycles. The second-order valence-corrected chi connectivity index (χ2v) is 2.95. The maximum Gasteiger partial charge on any atom is 0.233 e. The Hall–Kier alpha value is -1.36. The number of carbonyl (C=O) groups excluding carboxylic acids is 1. The van der Waals surface area contributed by atoms with Crippen LogP contribution in [0.25, 0.3) is 0 Å². The van der Waals surface area contributed by atoms with Gasteiger partial charge in [-0.05, 0) is 18.9 Å². The van der Waals surface area contributed by atoms with Crippen LogP contribution in [0.2, 0.25) is 0 Å². The van der Waals surface area contributed by atoms with E-state index in [2.05, 4.69) is 10.5 Å². The van der Waals surface area contributed by atoms with E-state index in [0.717, 1.165) is 18.5 Å². The fourth-order valence-electron chi connectivity index (χ4n) is 1.06. The fraction of sp³-hybridized carbons (Fsp3) is 0.500. The maximum absolute atomic E-state index is 10.7. The number of nitrogens with zero attached hydrogens (tertiary/aromatic N) is 2. The van der Waals surface area contributed by atoms with Crippen LogP contribution in [0, 0.1) is 6.92 Å². The quantitative estimate of drug-likeness (QED) is 0.390. The Labute approximate surface area is 76.9 Å². The Morgan fingerprint density at radius 1 is 1.77 bits per heavy atom. The molecule has 1 amide bonds. The van der Waals surface area contributed by atoms with Crippen LogP contribution in [0.3, 0.4) is 0 Å². The molecule has 0 aliphatic rings. The van der Waals surface area contributed by atoms with Crippen LogP contribution in [0.15, 0.2) is 12.4 Å². The Morgan fingerprint density at radius 2 is 2.54 bits per heavy atom. The van der Waals surface area contributed by atoms with Crippen molar-refractivity contribution in [3.63, 3.8) is 0 Å². The monoisotopic (exact) mass is 182 g/mol. The van der Waals surface area contributed by atoms with Crippen molar-refractivity contribution in [3.05, 3.63) is 18.0 Å². The lowest BCUT2D eigenvalue weighted by Crippen LogP contribution is -2.29. The van der Waals surface area contributed by atoms with Crippen LogP contribution in [0.4, 0.5) is 0 Å². The van der Waals surface area contributed by atoms with Gasteiger partial charge in [0, 0.05) is 19.2 Å². The topological polar surface area (TPSA) is 72.9 Å². The molecule has 0 aromatic carbocycles. The maximum atomic E-state index is 10.7. The van der Waals surface area contributed by atoms with E-state index in [1.165, 1.54) is 0 Å². The van der Waals surface area contributed by atoms with E-state index in [9.17, 15) is 4.79 Å². The van der Waals surface area contributed by atoms with Crippen molar-refractivity contribution in [3.8, 4) is 0 Å². The second kappa shape index (κ2) is 4.61. The predicted octanol–water partition coefficient (Wildman–Crippen LogP) is -0.0384. The van der Waals surface area contributed by atoms with E-state index < -0.39 is 0 Å². The zero-order valence-corrected chi connectivity index (χ0v) is 7.66. The van der Waals surface area contributed by atoms with Crippen molar-refractivity contribution in [2.75, 3.05) is 0 Å². The lowest BCUT2D eigenvalue weighted by atomic mass is 10.3. The number of nitrogens with one attached hydrogen (secondary N) is 1. The summed E-state index contributed by atoms with van der Waals surface area (Å²) in [6, 6.07) is 0. The molecule has 1 rings (SSSR count). The normalized spacial score (nSPS) is 10.0. The summed E-state index contributed by atoms with van der Waals surface area (Å²) in [7, 11) is 0. The van der Waals surface area contributed by atoms with Crippen molar-refractivity contribution in [1.82, 2.24) is 15.2 Å². The molecule has 0 bridgehead atoms. The molecular formula is C8H14N4O. The summed E-state index contributed by atoms with van der Waals surface area (Å²) < 4.78 is 1.82. The molecule has 1 heterocycles. The van der Waals surface area contributed by atoms with Gasteiger partial charge in [-0.3, -0.25) is 14.9 Å². The number of rotatable bonds is 4. The van der Waals surface area contributed by atoms with E-state index in [0.29, 0.717) is 6.42 Å². The predicted molar refractivity (Wildman–Crippen MR) is 48.5 cm³/mol. The minimum Gasteiger partial charge on any atom is -0.294 e. The highest BCUT2D eigenvalue weighted by Crippen LogP contribution is 1.97. The first-order valence-electron chi connectivity index (χ1n) is 4.21. The van der Waals surface area contributed by atoms with Crippen LogP contribution in [-0.2, 0) is 11.3 Å². The second-order valence-electron chi connectivity index (χ2n) is 2.95. The highest BCUT2D eigenvalue weighted by Gasteiger charge is 1.98. The molecule has 1 aromatic rings. The van der Waals surface area contributed by atoms with Crippen molar-refractivity contribution in [1.29, 1.82) is 0 Å². The molecule has 0 saturated heterocycles. The number of carbonyl (C=O) groups is 1. The molecular weight excluding hydrogens is 168 g/mol. The van der Waals surface area contributed by atoms with E-state index in [1.54, 1.807) is 6.20 Å². The first-order chi connectivity index (χ1) is 6.22. The van der Waals surface area contributed by atoms with Crippen molar-refractivity contribution in [2.45, 2.75) is 26.3 Å². The molecule has 0 fully saturated rings. The molecule has 5 heteroatoms. The fourth-order valence-corrected chi connectivity index (χ4v) is 1.06. The standard InChI is InChI=1S/C8H14N4O/c1-7-5-10-12(6-7)4-2-3-8(13)11-9/h5-6H,2-4,9H2,1H3,(H,11,13). The zero-order valence-electron chi connectivity index (χ0n) is 7.66. The average molecular weight is 182 g/mol. The summed E-state index contributed by atoms with van der Waals surface area (Å²) in [6.07, 6.45) is 4.93. The summed E-state index contributed by atoms with van der Waals surface area (Å²) in [5.41, 5.74) is 3.22. The molecule has 0 atom stereocenters. The summed E-state index contributed by atoms with van der Waals surface area (Å²) in [5, 5.41) is 4.09. The molecule has 1 aromatic heterocycles. The molecule has 5 nitrogen and oxygen atoms in total. The molecule has 0 aliphatic carbocycles. The highest BCUT2D eigenvalue weighted by molar-refractivity contribution is 5.74. The Bertz CT molecular complexity index is 281. The molecule has 13 heavy (non-hydrogen) atoms. The lowest BCUT2D eigenvalue weighted by molar-refractivity contribution is -0.121. The Kier molecular flexibility index (Phi) is 3.45. The lowest BCUT2D eigenvalue weighted by Gasteiger charge is -2.00. The van der Waals surface area contributed by atoms with Crippen LogP contribution < -0.4 is 11.3 Å². The Morgan fingerprint density at radius 3 is 3.08 bits per heavy atom. The highest BCUT2D eigenvalue weighted by atomic mass is 16.2. The van der Waals surface area contributed by atoms with E-state index in [1.807, 2.05) is 17.8 Å². The number of hydrogen-bond donors (Lipinski definition) is 2. The van der Waals surface area contributed by atoms with Gasteiger partial charge in [0.1, 0.15) is 0 Å². The van der Waals surface area contributed by atoms with Crippen molar-refractivity contribution < 1.29 is 4.79 Å². The van der Waals surface area contributed by atoms with Gasteiger partial charge >= 0.3 is 0 Å². The van der Waals surface area contributed by atoms with Crippen molar-refractivity contribution >= 4 is 5.91 Å². The van der Waals surface area contributed by atoms with Gasteiger partial charge in [-0.15, -0.1) is 0 Å². The molecule has 0 unspecified atom stereocenters. The smallest absolute Gasteiger partial charge is 0.233 e. The summed E-state index contributed by atoms with van der Waals surface area (Å²) in [4.78, 5) is 10.7. The molecule has 0 radical (unpaired) electrons. The SMILES string of the molecule is Cc1cnn(CCCC(=O)NN)c1. The number of hydrazine groups is 1. The largest absolute Gasteiger partial charge is 0.294 e. The number of nitrogens with two attached hydrogens (primary N) is 1.